The Morgan fingerprint density at radius 2 is 1.63 bits per heavy atom. The Balaban J connectivity index is 1.26. The van der Waals surface area contributed by atoms with E-state index in [-0.39, 0.29) is 41.3 Å². The minimum atomic E-state index is -1.03. The van der Waals surface area contributed by atoms with E-state index in [1.807, 2.05) is 19.9 Å². The van der Waals surface area contributed by atoms with E-state index in [1.165, 1.54) is 6.92 Å². The second-order valence-corrected chi connectivity index (χ2v) is 9.21. The van der Waals surface area contributed by atoms with Crippen molar-refractivity contribution in [2.24, 2.45) is 35.5 Å². The lowest BCUT2D eigenvalue weighted by Gasteiger charge is -2.37. The van der Waals surface area contributed by atoms with Gasteiger partial charge < -0.3 is 4.74 Å². The fourth-order valence-corrected chi connectivity index (χ4v) is 5.72. The van der Waals surface area contributed by atoms with Crippen molar-refractivity contribution in [3.63, 3.8) is 0 Å². The topological polar surface area (TPSA) is 80.8 Å². The van der Waals surface area contributed by atoms with Crippen LogP contribution in [0.25, 0.3) is 0 Å². The number of nitrogens with zero attached hydrogens (tertiary/aromatic N) is 1. The van der Waals surface area contributed by atoms with E-state index in [9.17, 15) is 19.2 Å². The van der Waals surface area contributed by atoms with Gasteiger partial charge in [0.2, 0.25) is 11.8 Å². The van der Waals surface area contributed by atoms with Crippen LogP contribution in [0.1, 0.15) is 34.8 Å². The van der Waals surface area contributed by atoms with Gasteiger partial charge in [0, 0.05) is 5.56 Å². The maximum atomic E-state index is 13.1. The normalized spacial score (nSPS) is 33.9. The first-order chi connectivity index (χ1) is 14.3. The van der Waals surface area contributed by atoms with Crippen molar-refractivity contribution in [1.82, 2.24) is 4.90 Å². The molecule has 1 aromatic rings. The van der Waals surface area contributed by atoms with Crippen LogP contribution < -0.4 is 0 Å². The fourth-order valence-electron chi connectivity index (χ4n) is 5.72. The molecule has 1 heterocycles. The van der Waals surface area contributed by atoms with E-state index in [4.69, 9.17) is 4.74 Å². The number of hydrogen-bond acceptors (Lipinski definition) is 5. The molecule has 0 unspecified atom stereocenters. The molecule has 0 spiro atoms. The summed E-state index contributed by atoms with van der Waals surface area (Å²) in [5.41, 5.74) is 2.53. The number of Topliss-reactive ketones (excluding diaryl/α,β-unsaturated/α-hetero) is 1. The first kappa shape index (κ1) is 19.2. The summed E-state index contributed by atoms with van der Waals surface area (Å²) < 4.78 is 5.20. The molecular weight excluding hydrogens is 382 g/mol. The van der Waals surface area contributed by atoms with Gasteiger partial charge in [-0.2, -0.15) is 0 Å². The van der Waals surface area contributed by atoms with Crippen molar-refractivity contribution in [2.75, 3.05) is 6.61 Å². The number of allylic oxidation sites excluding steroid dienone is 2. The number of rotatable bonds is 5. The lowest BCUT2D eigenvalue weighted by atomic mass is 9.63. The van der Waals surface area contributed by atoms with Gasteiger partial charge in [-0.05, 0) is 68.1 Å². The first-order valence-electron chi connectivity index (χ1n) is 10.6. The number of hydrogen-bond donors (Lipinski definition) is 0. The molecule has 156 valence electrons. The number of ketones is 1. The van der Waals surface area contributed by atoms with Crippen LogP contribution in [-0.2, 0) is 19.1 Å². The Bertz CT molecular complexity index is 975. The average Bonchev–Trinajstić information content (AvgIpc) is 3.51. The third kappa shape index (κ3) is 2.69. The minimum absolute atomic E-state index is 0.112. The smallest absolute Gasteiger partial charge is 0.329 e. The number of carbonyl (C=O) groups excluding carboxylic acids is 4. The van der Waals surface area contributed by atoms with Crippen LogP contribution in [-0.4, -0.2) is 41.1 Å². The second-order valence-electron chi connectivity index (χ2n) is 9.21. The van der Waals surface area contributed by atoms with Crippen molar-refractivity contribution in [1.29, 1.82) is 0 Å². The number of carbonyl (C=O) groups is 4. The van der Waals surface area contributed by atoms with E-state index in [0.717, 1.165) is 22.4 Å². The van der Waals surface area contributed by atoms with E-state index >= 15 is 0 Å². The van der Waals surface area contributed by atoms with Crippen LogP contribution in [0.5, 0.6) is 0 Å². The molecule has 2 saturated carbocycles. The van der Waals surface area contributed by atoms with Crippen molar-refractivity contribution >= 4 is 23.6 Å². The highest BCUT2D eigenvalue weighted by atomic mass is 16.5. The SMILES string of the molecule is Cc1ccc(C(=O)COC(=O)[C@@H](C)N2C(=O)[C@H]3[C@@H]4C=C[C@H]([C@@H]5C[C@H]45)[C@@H]3C2=O)cc1C. The van der Waals surface area contributed by atoms with Gasteiger partial charge in [-0.15, -0.1) is 0 Å². The standard InChI is InChI=1S/C24H25NO5/c1-11-4-5-14(8-12(11)2)19(26)10-30-24(29)13(3)25-22(27)20-15-6-7-16(18-9-17(15)18)21(20)23(25)28/h4-8,13,15-18,20-21H,9-10H2,1-3H3/t13-,15-,16-,17-,18+,20+,21+/m1/s1. The largest absolute Gasteiger partial charge is 0.456 e. The molecule has 7 atom stereocenters. The number of likely N-dealkylation sites (tertiary alicyclic amines) is 1. The van der Waals surface area contributed by atoms with E-state index in [0.29, 0.717) is 17.4 Å². The number of ether oxygens (including phenoxy) is 1. The Labute approximate surface area is 175 Å². The van der Waals surface area contributed by atoms with Crippen LogP contribution in [0.3, 0.4) is 0 Å². The summed E-state index contributed by atoms with van der Waals surface area (Å²) >= 11 is 0. The van der Waals surface area contributed by atoms with Gasteiger partial charge in [0.1, 0.15) is 6.04 Å². The Morgan fingerprint density at radius 1 is 1.03 bits per heavy atom. The zero-order valence-corrected chi connectivity index (χ0v) is 17.3. The van der Waals surface area contributed by atoms with Gasteiger partial charge in [0.15, 0.2) is 12.4 Å². The highest BCUT2D eigenvalue weighted by Crippen LogP contribution is 2.65. The number of amides is 2. The molecule has 0 aromatic heterocycles. The highest BCUT2D eigenvalue weighted by molar-refractivity contribution is 6.09. The lowest BCUT2D eigenvalue weighted by molar-refractivity contribution is -0.157. The van der Waals surface area contributed by atoms with Crippen LogP contribution in [0, 0.1) is 49.4 Å². The molecule has 6 rings (SSSR count). The first-order valence-corrected chi connectivity index (χ1v) is 10.6. The molecule has 0 N–H and O–H groups in total. The van der Waals surface area contributed by atoms with E-state index in [2.05, 4.69) is 12.2 Å². The summed E-state index contributed by atoms with van der Waals surface area (Å²) in [6.07, 6.45) is 5.29. The zero-order chi connectivity index (χ0) is 21.3. The Hall–Kier alpha value is -2.76. The predicted octanol–water partition coefficient (Wildman–Crippen LogP) is 2.47. The van der Waals surface area contributed by atoms with Gasteiger partial charge in [-0.1, -0.05) is 24.3 Å². The fraction of sp³-hybridized carbons (Fsp3) is 0.500. The second kappa shape index (κ2) is 6.62. The molecule has 3 fully saturated rings. The molecule has 6 nitrogen and oxygen atoms in total. The summed E-state index contributed by atoms with van der Waals surface area (Å²) in [5, 5.41) is 0. The molecular formula is C24H25NO5. The Morgan fingerprint density at radius 3 is 2.20 bits per heavy atom. The van der Waals surface area contributed by atoms with Crippen molar-refractivity contribution in [2.45, 2.75) is 33.2 Å². The molecule has 1 saturated heterocycles. The van der Waals surface area contributed by atoms with Crippen LogP contribution in [0.2, 0.25) is 0 Å². The van der Waals surface area contributed by atoms with Gasteiger partial charge in [-0.3, -0.25) is 19.3 Å². The van der Waals surface area contributed by atoms with Gasteiger partial charge in [0.05, 0.1) is 11.8 Å². The molecule has 6 heteroatoms. The minimum Gasteiger partial charge on any atom is -0.456 e. The summed E-state index contributed by atoms with van der Waals surface area (Å²) in [7, 11) is 0. The number of benzene rings is 1. The summed E-state index contributed by atoms with van der Waals surface area (Å²) in [6, 6.07) is 4.29. The Kier molecular flexibility index (Phi) is 4.24. The van der Waals surface area contributed by atoms with Crippen LogP contribution in [0.4, 0.5) is 0 Å². The van der Waals surface area contributed by atoms with Crippen molar-refractivity contribution in [3.8, 4) is 0 Å². The highest BCUT2D eigenvalue weighted by Gasteiger charge is 2.67. The van der Waals surface area contributed by atoms with Gasteiger partial charge in [-0.25, -0.2) is 4.79 Å². The number of esters is 1. The van der Waals surface area contributed by atoms with Gasteiger partial charge >= 0.3 is 5.97 Å². The third-order valence-electron chi connectivity index (χ3n) is 7.60. The molecule has 0 radical (unpaired) electrons. The molecule has 4 aliphatic carbocycles. The number of aryl methyl sites for hydroxylation is 2. The zero-order valence-electron chi connectivity index (χ0n) is 17.3. The molecule has 2 amide bonds. The third-order valence-corrected chi connectivity index (χ3v) is 7.60. The molecule has 5 aliphatic rings. The van der Waals surface area contributed by atoms with E-state index in [1.54, 1.807) is 12.1 Å². The molecule has 30 heavy (non-hydrogen) atoms. The summed E-state index contributed by atoms with van der Waals surface area (Å²) in [4.78, 5) is 52.2. The molecule has 1 aromatic carbocycles. The summed E-state index contributed by atoms with van der Waals surface area (Å²) in [6.45, 7) is 4.96. The van der Waals surface area contributed by atoms with Gasteiger partial charge in [0.25, 0.3) is 0 Å². The number of imide groups is 1. The van der Waals surface area contributed by atoms with Crippen molar-refractivity contribution < 1.29 is 23.9 Å². The molecule has 1 aliphatic heterocycles. The maximum Gasteiger partial charge on any atom is 0.329 e. The molecule has 2 bridgehead atoms. The van der Waals surface area contributed by atoms with E-state index < -0.39 is 18.6 Å². The maximum absolute atomic E-state index is 13.1. The quantitative estimate of drug-likeness (QED) is 0.324. The lowest BCUT2D eigenvalue weighted by Crippen LogP contribution is -2.45. The van der Waals surface area contributed by atoms with Crippen molar-refractivity contribution in [3.05, 3.63) is 47.0 Å². The summed E-state index contributed by atoms with van der Waals surface area (Å²) in [5.74, 6) is -1.01. The van der Waals surface area contributed by atoms with Crippen LogP contribution >= 0.6 is 0 Å². The monoisotopic (exact) mass is 407 g/mol. The predicted molar refractivity (Wildman–Crippen MR) is 107 cm³/mol. The average molecular weight is 407 g/mol. The van der Waals surface area contributed by atoms with Crippen LogP contribution in [0.15, 0.2) is 30.4 Å².